The molecule has 0 aromatic heterocycles. The molecule has 2 N–H and O–H groups in total. The summed E-state index contributed by atoms with van der Waals surface area (Å²) in [5.41, 5.74) is 7.32. The van der Waals surface area contributed by atoms with Crippen LogP contribution in [0.1, 0.15) is 53.4 Å². The first kappa shape index (κ1) is 15.7. The Morgan fingerprint density at radius 3 is 2.11 bits per heavy atom. The second kappa shape index (κ2) is 5.23. The molecule has 0 radical (unpaired) electrons. The Kier molecular flexibility index (Phi) is 4.31. The third-order valence-corrected chi connectivity index (χ3v) is 6.30. The molecule has 1 unspecified atom stereocenters. The summed E-state index contributed by atoms with van der Waals surface area (Å²) in [6.07, 6.45) is 5.15. The van der Waals surface area contributed by atoms with Gasteiger partial charge in [0.15, 0.2) is 0 Å². The second-order valence-electron chi connectivity index (χ2n) is 8.42. The van der Waals surface area contributed by atoms with Crippen molar-refractivity contribution in [2.24, 2.45) is 16.6 Å². The van der Waals surface area contributed by atoms with Crippen LogP contribution in [-0.4, -0.2) is 41.6 Å². The van der Waals surface area contributed by atoms with Crippen LogP contribution in [0, 0.1) is 10.8 Å². The lowest BCUT2D eigenvalue weighted by molar-refractivity contribution is -0.0458. The fraction of sp³-hybridized carbons (Fsp3) is 1.00. The Hall–Kier alpha value is 0.270. The molecule has 1 saturated carbocycles. The maximum absolute atomic E-state index is 6.30. The molecule has 0 aromatic carbocycles. The highest BCUT2D eigenvalue weighted by Gasteiger charge is 2.50. The predicted molar refractivity (Wildman–Crippen MR) is 86.7 cm³/mol. The quantitative estimate of drug-likeness (QED) is 0.861. The fourth-order valence-electron chi connectivity index (χ4n) is 5.02. The van der Waals surface area contributed by atoms with Crippen LogP contribution in [0.5, 0.6) is 0 Å². The van der Waals surface area contributed by atoms with Gasteiger partial charge in [0, 0.05) is 23.9 Å². The van der Waals surface area contributed by atoms with Gasteiger partial charge in [-0.05, 0) is 49.3 Å². The van der Waals surface area contributed by atoms with Crippen LogP contribution in [0.25, 0.3) is 0 Å². The van der Waals surface area contributed by atoms with Crippen molar-refractivity contribution in [2.75, 3.05) is 25.1 Å². The minimum absolute atomic E-state index is 0.209. The molecule has 3 heteroatoms. The first-order valence-corrected chi connectivity index (χ1v) is 8.86. The van der Waals surface area contributed by atoms with E-state index in [0.717, 1.165) is 12.6 Å². The highest BCUT2D eigenvalue weighted by molar-refractivity contribution is 7.99. The summed E-state index contributed by atoms with van der Waals surface area (Å²) in [6, 6.07) is 0.734. The standard InChI is InChI=1S/C16H32N2S/c1-14(2)9-15(3,4)11-16(10-14,12-17)18(5)13-6-7-19-8-13/h13H,6-12,17H2,1-5H3. The summed E-state index contributed by atoms with van der Waals surface area (Å²) in [5, 5.41) is 0. The molecule has 2 rings (SSSR count). The first-order valence-electron chi connectivity index (χ1n) is 7.71. The number of nitrogens with two attached hydrogens (primary N) is 1. The first-order chi connectivity index (χ1) is 8.70. The molecule has 1 aliphatic carbocycles. The summed E-state index contributed by atoms with van der Waals surface area (Å²) >= 11 is 2.10. The molecule has 1 aliphatic heterocycles. The zero-order valence-corrected chi connectivity index (χ0v) is 14.3. The van der Waals surface area contributed by atoms with Gasteiger partial charge in [-0.1, -0.05) is 27.7 Å². The topological polar surface area (TPSA) is 29.3 Å². The Labute approximate surface area is 123 Å². The van der Waals surface area contributed by atoms with Crippen LogP contribution < -0.4 is 5.73 Å². The third kappa shape index (κ3) is 3.30. The van der Waals surface area contributed by atoms with Crippen molar-refractivity contribution in [1.82, 2.24) is 4.90 Å². The average Bonchev–Trinajstić information content (AvgIpc) is 2.76. The maximum Gasteiger partial charge on any atom is 0.0342 e. The summed E-state index contributed by atoms with van der Waals surface area (Å²) in [4.78, 5) is 2.66. The molecule has 2 fully saturated rings. The van der Waals surface area contributed by atoms with Crippen LogP contribution in [-0.2, 0) is 0 Å². The largest absolute Gasteiger partial charge is 0.329 e. The lowest BCUT2D eigenvalue weighted by Crippen LogP contribution is -2.62. The van der Waals surface area contributed by atoms with Crippen LogP contribution >= 0.6 is 11.8 Å². The van der Waals surface area contributed by atoms with Crippen LogP contribution in [0.4, 0.5) is 0 Å². The number of likely N-dealkylation sites (N-methyl/N-ethyl adjacent to an activating group) is 1. The second-order valence-corrected chi connectivity index (χ2v) is 9.57. The molecule has 2 nitrogen and oxygen atoms in total. The van der Waals surface area contributed by atoms with Gasteiger partial charge < -0.3 is 5.73 Å². The molecule has 0 aromatic rings. The molecule has 0 spiro atoms. The highest BCUT2D eigenvalue weighted by atomic mass is 32.2. The van der Waals surface area contributed by atoms with E-state index in [4.69, 9.17) is 5.73 Å². The molecule has 19 heavy (non-hydrogen) atoms. The van der Waals surface area contributed by atoms with Crippen molar-refractivity contribution in [1.29, 1.82) is 0 Å². The van der Waals surface area contributed by atoms with Gasteiger partial charge in [0.1, 0.15) is 0 Å². The smallest absolute Gasteiger partial charge is 0.0342 e. The van der Waals surface area contributed by atoms with E-state index < -0.39 is 0 Å². The maximum atomic E-state index is 6.30. The van der Waals surface area contributed by atoms with Gasteiger partial charge in [0.2, 0.25) is 0 Å². The molecule has 0 bridgehead atoms. The van der Waals surface area contributed by atoms with Crippen molar-refractivity contribution in [3.63, 3.8) is 0 Å². The van der Waals surface area contributed by atoms with Gasteiger partial charge in [-0.2, -0.15) is 11.8 Å². The summed E-state index contributed by atoms with van der Waals surface area (Å²) < 4.78 is 0. The number of thioether (sulfide) groups is 1. The molecule has 112 valence electrons. The minimum atomic E-state index is 0.209. The van der Waals surface area contributed by atoms with Gasteiger partial charge in [-0.25, -0.2) is 0 Å². The van der Waals surface area contributed by atoms with Crippen molar-refractivity contribution >= 4 is 11.8 Å². The molecule has 2 aliphatic rings. The van der Waals surface area contributed by atoms with Gasteiger partial charge in [-0.15, -0.1) is 0 Å². The lowest BCUT2D eigenvalue weighted by Gasteiger charge is -2.56. The monoisotopic (exact) mass is 284 g/mol. The van der Waals surface area contributed by atoms with E-state index in [0.29, 0.717) is 10.8 Å². The molecular weight excluding hydrogens is 252 g/mol. The minimum Gasteiger partial charge on any atom is -0.329 e. The third-order valence-electron chi connectivity index (χ3n) is 5.15. The van der Waals surface area contributed by atoms with Crippen molar-refractivity contribution < 1.29 is 0 Å². The summed E-state index contributed by atoms with van der Waals surface area (Å²) in [7, 11) is 2.33. The Morgan fingerprint density at radius 1 is 1.11 bits per heavy atom. The van der Waals surface area contributed by atoms with E-state index in [1.54, 1.807) is 0 Å². The Balaban J connectivity index is 2.24. The van der Waals surface area contributed by atoms with Crippen LogP contribution in [0.3, 0.4) is 0 Å². The van der Waals surface area contributed by atoms with E-state index in [9.17, 15) is 0 Å². The van der Waals surface area contributed by atoms with E-state index >= 15 is 0 Å². The van der Waals surface area contributed by atoms with Crippen molar-refractivity contribution in [3.8, 4) is 0 Å². The number of nitrogens with zero attached hydrogens (tertiary/aromatic N) is 1. The normalized spacial score (nSPS) is 32.7. The number of hydrogen-bond donors (Lipinski definition) is 1. The number of hydrogen-bond acceptors (Lipinski definition) is 3. The van der Waals surface area contributed by atoms with Crippen molar-refractivity contribution in [3.05, 3.63) is 0 Å². The van der Waals surface area contributed by atoms with Crippen LogP contribution in [0.15, 0.2) is 0 Å². The van der Waals surface area contributed by atoms with E-state index in [2.05, 4.69) is 51.4 Å². The molecule has 1 atom stereocenters. The number of rotatable bonds is 3. The van der Waals surface area contributed by atoms with Crippen LogP contribution in [0.2, 0.25) is 0 Å². The highest BCUT2D eigenvalue weighted by Crippen LogP contribution is 2.52. The molecule has 1 heterocycles. The lowest BCUT2D eigenvalue weighted by atomic mass is 9.57. The Morgan fingerprint density at radius 2 is 1.68 bits per heavy atom. The predicted octanol–water partition coefficient (Wildman–Crippen LogP) is 3.36. The van der Waals surface area contributed by atoms with Gasteiger partial charge in [0.25, 0.3) is 0 Å². The summed E-state index contributed by atoms with van der Waals surface area (Å²) in [6.45, 7) is 10.5. The zero-order chi connectivity index (χ0) is 14.3. The SMILES string of the molecule is CN(C1CCSC1)C1(CN)CC(C)(C)CC(C)(C)C1. The zero-order valence-electron chi connectivity index (χ0n) is 13.5. The molecule has 1 saturated heterocycles. The van der Waals surface area contributed by atoms with E-state index in [1.807, 2.05) is 0 Å². The average molecular weight is 285 g/mol. The summed E-state index contributed by atoms with van der Waals surface area (Å²) in [5.74, 6) is 2.61. The van der Waals surface area contributed by atoms with Gasteiger partial charge >= 0.3 is 0 Å². The fourth-order valence-corrected chi connectivity index (χ4v) is 6.28. The van der Waals surface area contributed by atoms with Crippen molar-refractivity contribution in [2.45, 2.75) is 65.0 Å². The van der Waals surface area contributed by atoms with E-state index in [-0.39, 0.29) is 5.54 Å². The van der Waals surface area contributed by atoms with Gasteiger partial charge in [-0.3, -0.25) is 4.90 Å². The van der Waals surface area contributed by atoms with E-state index in [1.165, 1.54) is 37.2 Å². The molecular formula is C16H32N2S. The Bertz CT molecular complexity index is 303. The van der Waals surface area contributed by atoms with Gasteiger partial charge in [0.05, 0.1) is 0 Å². The molecule has 0 amide bonds.